The highest BCUT2D eigenvalue weighted by molar-refractivity contribution is 5.63. The van der Waals surface area contributed by atoms with E-state index in [4.69, 9.17) is 20.9 Å². The van der Waals surface area contributed by atoms with Gasteiger partial charge in [-0.25, -0.2) is 9.97 Å². The molecular formula is C12H12N4O2. The molecule has 0 saturated heterocycles. The lowest BCUT2D eigenvalue weighted by atomic mass is 10.2. The standard InChI is InChI=1S/C12H12N4O2/c13-4-8-5-15-12(16-11(8)14)7-1-2-9-10(3-7)18-6-17-9/h1-3,5H,4,6,13H2,(H2,14,15,16). The molecule has 2 heterocycles. The van der Waals surface area contributed by atoms with E-state index < -0.39 is 0 Å². The fourth-order valence-corrected chi connectivity index (χ4v) is 1.75. The number of nitrogen functional groups attached to an aromatic ring is 1. The molecule has 0 radical (unpaired) electrons. The summed E-state index contributed by atoms with van der Waals surface area (Å²) in [6.07, 6.45) is 1.64. The third-order valence-corrected chi connectivity index (χ3v) is 2.75. The van der Waals surface area contributed by atoms with Crippen LogP contribution in [0.3, 0.4) is 0 Å². The lowest BCUT2D eigenvalue weighted by Gasteiger charge is -2.05. The first-order chi connectivity index (χ1) is 8.78. The van der Waals surface area contributed by atoms with Gasteiger partial charge in [-0.2, -0.15) is 0 Å². The topological polar surface area (TPSA) is 96.3 Å². The van der Waals surface area contributed by atoms with Crippen molar-refractivity contribution in [3.8, 4) is 22.9 Å². The SMILES string of the molecule is NCc1cnc(-c2ccc3c(c2)OCO3)nc1N. The predicted molar refractivity (Wildman–Crippen MR) is 65.9 cm³/mol. The van der Waals surface area contributed by atoms with Gasteiger partial charge in [0, 0.05) is 23.9 Å². The number of nitrogens with zero attached hydrogens (tertiary/aromatic N) is 2. The van der Waals surface area contributed by atoms with Crippen LogP contribution >= 0.6 is 0 Å². The molecule has 0 aliphatic carbocycles. The number of aromatic nitrogens is 2. The third-order valence-electron chi connectivity index (χ3n) is 2.75. The Morgan fingerprint density at radius 1 is 1.22 bits per heavy atom. The molecule has 0 bridgehead atoms. The van der Waals surface area contributed by atoms with Crippen molar-refractivity contribution < 1.29 is 9.47 Å². The van der Waals surface area contributed by atoms with E-state index >= 15 is 0 Å². The fraction of sp³-hybridized carbons (Fsp3) is 0.167. The van der Waals surface area contributed by atoms with E-state index in [1.165, 1.54) is 0 Å². The van der Waals surface area contributed by atoms with Crippen molar-refractivity contribution >= 4 is 5.82 Å². The van der Waals surface area contributed by atoms with Gasteiger partial charge in [-0.05, 0) is 18.2 Å². The lowest BCUT2D eigenvalue weighted by molar-refractivity contribution is 0.174. The minimum Gasteiger partial charge on any atom is -0.454 e. The second-order valence-electron chi connectivity index (χ2n) is 3.88. The van der Waals surface area contributed by atoms with E-state index in [0.29, 0.717) is 23.9 Å². The fourth-order valence-electron chi connectivity index (χ4n) is 1.75. The van der Waals surface area contributed by atoms with Crippen molar-refractivity contribution in [2.75, 3.05) is 12.5 Å². The van der Waals surface area contributed by atoms with E-state index in [-0.39, 0.29) is 6.79 Å². The zero-order chi connectivity index (χ0) is 12.5. The number of hydrogen-bond donors (Lipinski definition) is 2. The van der Waals surface area contributed by atoms with Crippen molar-refractivity contribution in [1.29, 1.82) is 0 Å². The molecule has 6 nitrogen and oxygen atoms in total. The van der Waals surface area contributed by atoms with Gasteiger partial charge in [-0.15, -0.1) is 0 Å². The smallest absolute Gasteiger partial charge is 0.231 e. The lowest BCUT2D eigenvalue weighted by Crippen LogP contribution is -2.05. The molecule has 92 valence electrons. The highest BCUT2D eigenvalue weighted by Gasteiger charge is 2.15. The van der Waals surface area contributed by atoms with Gasteiger partial charge in [0.25, 0.3) is 0 Å². The maximum Gasteiger partial charge on any atom is 0.231 e. The van der Waals surface area contributed by atoms with Gasteiger partial charge in [-0.3, -0.25) is 0 Å². The summed E-state index contributed by atoms with van der Waals surface area (Å²) in [5.41, 5.74) is 12.9. The zero-order valence-corrected chi connectivity index (χ0v) is 9.59. The minimum atomic E-state index is 0.244. The molecule has 18 heavy (non-hydrogen) atoms. The van der Waals surface area contributed by atoms with Crippen LogP contribution in [-0.2, 0) is 6.54 Å². The first kappa shape index (κ1) is 10.8. The van der Waals surface area contributed by atoms with E-state index in [9.17, 15) is 0 Å². The molecule has 0 saturated carbocycles. The molecule has 2 aromatic rings. The van der Waals surface area contributed by atoms with Crippen LogP contribution in [0.25, 0.3) is 11.4 Å². The van der Waals surface area contributed by atoms with Crippen molar-refractivity contribution in [1.82, 2.24) is 9.97 Å². The monoisotopic (exact) mass is 244 g/mol. The molecular weight excluding hydrogens is 232 g/mol. The molecule has 4 N–H and O–H groups in total. The van der Waals surface area contributed by atoms with Crippen LogP contribution in [-0.4, -0.2) is 16.8 Å². The van der Waals surface area contributed by atoms with Crippen LogP contribution in [0, 0.1) is 0 Å². The normalized spacial score (nSPS) is 12.7. The second-order valence-corrected chi connectivity index (χ2v) is 3.88. The first-order valence-corrected chi connectivity index (χ1v) is 5.49. The summed E-state index contributed by atoms with van der Waals surface area (Å²) in [5, 5.41) is 0. The molecule has 0 atom stereocenters. The number of anilines is 1. The molecule has 1 aromatic carbocycles. The van der Waals surface area contributed by atoms with Gasteiger partial charge in [-0.1, -0.05) is 0 Å². The molecule has 1 aromatic heterocycles. The number of hydrogen-bond acceptors (Lipinski definition) is 6. The Morgan fingerprint density at radius 2 is 2.06 bits per heavy atom. The Bertz CT molecular complexity index is 601. The Morgan fingerprint density at radius 3 is 2.83 bits per heavy atom. The summed E-state index contributed by atoms with van der Waals surface area (Å²) in [5.74, 6) is 2.37. The average Bonchev–Trinajstić information content (AvgIpc) is 2.85. The molecule has 6 heteroatoms. The zero-order valence-electron chi connectivity index (χ0n) is 9.59. The van der Waals surface area contributed by atoms with E-state index in [2.05, 4.69) is 9.97 Å². The Labute approximate surface area is 104 Å². The quantitative estimate of drug-likeness (QED) is 0.815. The Hall–Kier alpha value is -2.34. The maximum atomic E-state index is 5.79. The van der Waals surface area contributed by atoms with E-state index in [1.54, 1.807) is 6.20 Å². The van der Waals surface area contributed by atoms with E-state index in [1.807, 2.05) is 18.2 Å². The van der Waals surface area contributed by atoms with Crippen LogP contribution in [0.5, 0.6) is 11.5 Å². The number of fused-ring (bicyclic) bond motifs is 1. The number of nitrogens with two attached hydrogens (primary N) is 2. The summed E-state index contributed by atoms with van der Waals surface area (Å²) < 4.78 is 10.6. The van der Waals surface area contributed by atoms with E-state index in [0.717, 1.165) is 16.9 Å². The summed E-state index contributed by atoms with van der Waals surface area (Å²) >= 11 is 0. The van der Waals surface area contributed by atoms with Crippen LogP contribution in [0.1, 0.15) is 5.56 Å². The van der Waals surface area contributed by atoms with Crippen LogP contribution in [0.15, 0.2) is 24.4 Å². The van der Waals surface area contributed by atoms with Gasteiger partial charge in [0.2, 0.25) is 6.79 Å². The van der Waals surface area contributed by atoms with Crippen molar-refractivity contribution in [3.63, 3.8) is 0 Å². The molecule has 1 aliphatic rings. The molecule has 0 fully saturated rings. The number of rotatable bonds is 2. The van der Waals surface area contributed by atoms with Crippen LogP contribution in [0.2, 0.25) is 0 Å². The summed E-state index contributed by atoms with van der Waals surface area (Å²) in [7, 11) is 0. The molecule has 1 aliphatic heterocycles. The summed E-state index contributed by atoms with van der Waals surface area (Å²) in [6.45, 7) is 0.571. The van der Waals surface area contributed by atoms with Gasteiger partial charge >= 0.3 is 0 Å². The van der Waals surface area contributed by atoms with Gasteiger partial charge in [0.05, 0.1) is 0 Å². The Kier molecular flexibility index (Phi) is 2.49. The predicted octanol–water partition coefficient (Wildman–Crippen LogP) is 0.913. The number of ether oxygens (including phenoxy) is 2. The number of benzene rings is 1. The first-order valence-electron chi connectivity index (χ1n) is 5.49. The molecule has 0 unspecified atom stereocenters. The molecule has 0 spiro atoms. The van der Waals surface area contributed by atoms with Crippen molar-refractivity contribution in [2.45, 2.75) is 6.54 Å². The summed E-state index contributed by atoms with van der Waals surface area (Å²) in [6, 6.07) is 5.53. The maximum absolute atomic E-state index is 5.79. The average molecular weight is 244 g/mol. The second kappa shape index (κ2) is 4.15. The van der Waals surface area contributed by atoms with Crippen molar-refractivity contribution in [2.24, 2.45) is 5.73 Å². The highest BCUT2D eigenvalue weighted by Crippen LogP contribution is 2.35. The van der Waals surface area contributed by atoms with Gasteiger partial charge < -0.3 is 20.9 Å². The van der Waals surface area contributed by atoms with Gasteiger partial charge in [0.15, 0.2) is 17.3 Å². The summed E-state index contributed by atoms with van der Waals surface area (Å²) in [4.78, 5) is 8.47. The Balaban J connectivity index is 2.02. The van der Waals surface area contributed by atoms with Crippen LogP contribution < -0.4 is 20.9 Å². The third kappa shape index (κ3) is 1.72. The highest BCUT2D eigenvalue weighted by atomic mass is 16.7. The molecule has 3 rings (SSSR count). The van der Waals surface area contributed by atoms with Crippen LogP contribution in [0.4, 0.5) is 5.82 Å². The molecule has 0 amide bonds. The largest absolute Gasteiger partial charge is 0.454 e. The minimum absolute atomic E-state index is 0.244. The van der Waals surface area contributed by atoms with Crippen molar-refractivity contribution in [3.05, 3.63) is 30.0 Å². The van der Waals surface area contributed by atoms with Gasteiger partial charge in [0.1, 0.15) is 5.82 Å².